The zero-order valence-electron chi connectivity index (χ0n) is 5.68. The first kappa shape index (κ1) is 6.78. The average molecular weight is 128 g/mol. The molecule has 0 aromatic heterocycles. The lowest BCUT2D eigenvalue weighted by Crippen LogP contribution is -2.16. The predicted molar refractivity (Wildman–Crippen MR) is 35.2 cm³/mol. The minimum Gasteiger partial charge on any atom is -0.393 e. The summed E-state index contributed by atoms with van der Waals surface area (Å²) in [5.74, 6) is 0. The van der Waals surface area contributed by atoms with Crippen LogP contribution in [0.2, 0.25) is 0 Å². The molecule has 0 bridgehead atoms. The molecule has 1 rings (SSSR count). The molecule has 52 valence electrons. The van der Waals surface area contributed by atoms with Crippen molar-refractivity contribution in [2.24, 2.45) is 0 Å². The maximum absolute atomic E-state index is 8.74. The van der Waals surface area contributed by atoms with Gasteiger partial charge in [-0.1, -0.05) is 5.57 Å². The van der Waals surface area contributed by atoms with E-state index in [0.29, 0.717) is 6.61 Å². The Kier molecular flexibility index (Phi) is 1.60. The van der Waals surface area contributed by atoms with E-state index in [4.69, 9.17) is 9.84 Å². The third kappa shape index (κ3) is 1.53. The first-order valence-corrected chi connectivity index (χ1v) is 3.08. The van der Waals surface area contributed by atoms with Crippen molar-refractivity contribution in [2.45, 2.75) is 18.9 Å². The molecule has 1 N–H and O–H groups in total. The molecule has 0 aromatic rings. The molecule has 1 fully saturated rings. The van der Waals surface area contributed by atoms with Crippen LogP contribution in [-0.2, 0) is 4.74 Å². The standard InChI is InChI=1S/C7H12O2/c1-6(2)3-7(4-8)5-9-7/h8H,1,3-5H2,2H3/t7-/m0/s1. The van der Waals surface area contributed by atoms with Gasteiger partial charge in [0.15, 0.2) is 0 Å². The molecule has 1 heterocycles. The molecule has 0 spiro atoms. The molecular weight excluding hydrogens is 116 g/mol. The molecule has 2 heteroatoms. The second-order valence-electron chi connectivity index (χ2n) is 2.76. The monoisotopic (exact) mass is 128 g/mol. The quantitative estimate of drug-likeness (QED) is 0.448. The van der Waals surface area contributed by atoms with Crippen LogP contribution in [0.4, 0.5) is 0 Å². The van der Waals surface area contributed by atoms with Crippen LogP contribution in [0.1, 0.15) is 13.3 Å². The van der Waals surface area contributed by atoms with Crippen molar-refractivity contribution in [1.82, 2.24) is 0 Å². The number of ether oxygens (including phenoxy) is 1. The van der Waals surface area contributed by atoms with Crippen LogP contribution >= 0.6 is 0 Å². The Balaban J connectivity index is 2.33. The molecule has 1 saturated heterocycles. The summed E-state index contributed by atoms with van der Waals surface area (Å²) in [5, 5.41) is 8.74. The van der Waals surface area contributed by atoms with Crippen LogP contribution in [0.3, 0.4) is 0 Å². The Morgan fingerprint density at radius 3 is 2.56 bits per heavy atom. The summed E-state index contributed by atoms with van der Waals surface area (Å²) in [6, 6.07) is 0. The lowest BCUT2D eigenvalue weighted by atomic mass is 10.0. The van der Waals surface area contributed by atoms with Gasteiger partial charge in [0.25, 0.3) is 0 Å². The SMILES string of the molecule is C=C(C)C[C@]1(CO)CO1. The summed E-state index contributed by atoms with van der Waals surface area (Å²) in [4.78, 5) is 0. The van der Waals surface area contributed by atoms with Crippen molar-refractivity contribution in [2.75, 3.05) is 13.2 Å². The van der Waals surface area contributed by atoms with E-state index in [0.717, 1.165) is 12.0 Å². The molecular formula is C7H12O2. The predicted octanol–water partition coefficient (Wildman–Crippen LogP) is 0.714. The largest absolute Gasteiger partial charge is 0.393 e. The Hall–Kier alpha value is -0.340. The van der Waals surface area contributed by atoms with Crippen molar-refractivity contribution in [1.29, 1.82) is 0 Å². The van der Waals surface area contributed by atoms with Crippen LogP contribution in [0.15, 0.2) is 12.2 Å². The number of epoxide rings is 1. The maximum atomic E-state index is 8.74. The first-order chi connectivity index (χ1) is 4.18. The lowest BCUT2D eigenvalue weighted by Gasteiger charge is -2.05. The molecule has 9 heavy (non-hydrogen) atoms. The third-order valence-electron chi connectivity index (χ3n) is 1.46. The van der Waals surface area contributed by atoms with E-state index in [2.05, 4.69) is 6.58 Å². The van der Waals surface area contributed by atoms with Crippen LogP contribution in [-0.4, -0.2) is 23.9 Å². The van der Waals surface area contributed by atoms with Gasteiger partial charge < -0.3 is 9.84 Å². The second-order valence-corrected chi connectivity index (χ2v) is 2.76. The van der Waals surface area contributed by atoms with E-state index in [1.54, 1.807) is 0 Å². The van der Waals surface area contributed by atoms with Crippen LogP contribution in [0.5, 0.6) is 0 Å². The summed E-state index contributed by atoms with van der Waals surface area (Å²) in [7, 11) is 0. The summed E-state index contributed by atoms with van der Waals surface area (Å²) in [6.07, 6.45) is 0.795. The fourth-order valence-electron chi connectivity index (χ4n) is 0.901. The van der Waals surface area contributed by atoms with Crippen LogP contribution in [0, 0.1) is 0 Å². The Morgan fingerprint density at radius 1 is 1.89 bits per heavy atom. The Labute approximate surface area is 55.1 Å². The maximum Gasteiger partial charge on any atom is 0.118 e. The molecule has 0 radical (unpaired) electrons. The van der Waals surface area contributed by atoms with Crippen molar-refractivity contribution in [3.63, 3.8) is 0 Å². The minimum absolute atomic E-state index is 0.125. The molecule has 0 amide bonds. The lowest BCUT2D eigenvalue weighted by molar-refractivity contribution is 0.171. The van der Waals surface area contributed by atoms with Gasteiger partial charge in [0.05, 0.1) is 13.2 Å². The fourth-order valence-corrected chi connectivity index (χ4v) is 0.901. The summed E-state index contributed by atoms with van der Waals surface area (Å²) in [5.41, 5.74) is 0.841. The number of rotatable bonds is 3. The van der Waals surface area contributed by atoms with Gasteiger partial charge in [-0.15, -0.1) is 6.58 Å². The van der Waals surface area contributed by atoms with Gasteiger partial charge in [-0.05, 0) is 6.92 Å². The minimum atomic E-state index is -0.230. The van der Waals surface area contributed by atoms with E-state index in [-0.39, 0.29) is 12.2 Å². The first-order valence-electron chi connectivity index (χ1n) is 3.08. The fraction of sp³-hybridized carbons (Fsp3) is 0.714. The molecule has 1 aliphatic heterocycles. The number of aliphatic hydroxyl groups excluding tert-OH is 1. The highest BCUT2D eigenvalue weighted by atomic mass is 16.6. The van der Waals surface area contributed by atoms with Gasteiger partial charge in [0.2, 0.25) is 0 Å². The zero-order chi connectivity index (χ0) is 6.91. The summed E-state index contributed by atoms with van der Waals surface area (Å²) in [6.45, 7) is 6.50. The summed E-state index contributed by atoms with van der Waals surface area (Å²) >= 11 is 0. The topological polar surface area (TPSA) is 32.8 Å². The second kappa shape index (κ2) is 2.12. The molecule has 1 aliphatic rings. The van der Waals surface area contributed by atoms with Gasteiger partial charge in [-0.2, -0.15) is 0 Å². The number of hydrogen-bond acceptors (Lipinski definition) is 2. The van der Waals surface area contributed by atoms with Gasteiger partial charge in [-0.3, -0.25) is 0 Å². The van der Waals surface area contributed by atoms with Crippen molar-refractivity contribution < 1.29 is 9.84 Å². The van der Waals surface area contributed by atoms with Gasteiger partial charge in [0, 0.05) is 6.42 Å². The van der Waals surface area contributed by atoms with E-state index in [1.165, 1.54) is 0 Å². The number of hydrogen-bond donors (Lipinski definition) is 1. The Morgan fingerprint density at radius 2 is 2.44 bits per heavy atom. The van der Waals surface area contributed by atoms with Crippen LogP contribution < -0.4 is 0 Å². The Bertz CT molecular complexity index is 125. The van der Waals surface area contributed by atoms with Gasteiger partial charge in [0.1, 0.15) is 5.60 Å². The van der Waals surface area contributed by atoms with Gasteiger partial charge >= 0.3 is 0 Å². The van der Waals surface area contributed by atoms with Crippen LogP contribution in [0.25, 0.3) is 0 Å². The smallest absolute Gasteiger partial charge is 0.118 e. The normalized spacial score (nSPS) is 32.2. The molecule has 0 aromatic carbocycles. The van der Waals surface area contributed by atoms with Crippen molar-refractivity contribution >= 4 is 0 Å². The third-order valence-corrected chi connectivity index (χ3v) is 1.46. The molecule has 2 nitrogen and oxygen atoms in total. The number of aliphatic hydroxyl groups is 1. The van der Waals surface area contributed by atoms with Gasteiger partial charge in [-0.25, -0.2) is 0 Å². The zero-order valence-corrected chi connectivity index (χ0v) is 5.68. The van der Waals surface area contributed by atoms with E-state index >= 15 is 0 Å². The molecule has 0 aliphatic carbocycles. The average Bonchev–Trinajstić information content (AvgIpc) is 2.48. The molecule has 1 atom stereocenters. The van der Waals surface area contributed by atoms with E-state index in [9.17, 15) is 0 Å². The highest BCUT2D eigenvalue weighted by molar-refractivity contribution is 5.04. The molecule has 0 unspecified atom stereocenters. The molecule has 0 saturated carbocycles. The van der Waals surface area contributed by atoms with Crippen molar-refractivity contribution in [3.8, 4) is 0 Å². The highest BCUT2D eigenvalue weighted by Crippen LogP contribution is 2.32. The summed E-state index contributed by atoms with van der Waals surface area (Å²) < 4.78 is 5.05. The van der Waals surface area contributed by atoms with E-state index in [1.807, 2.05) is 6.92 Å². The van der Waals surface area contributed by atoms with E-state index < -0.39 is 0 Å². The van der Waals surface area contributed by atoms with Crippen molar-refractivity contribution in [3.05, 3.63) is 12.2 Å². The highest BCUT2D eigenvalue weighted by Gasteiger charge is 2.43.